The Morgan fingerprint density at radius 3 is 1.01 bits per heavy atom. The summed E-state index contributed by atoms with van der Waals surface area (Å²) in [6.45, 7) is 4.47. The van der Waals surface area contributed by atoms with Gasteiger partial charge in [0.25, 0.3) is 0 Å². The summed E-state index contributed by atoms with van der Waals surface area (Å²) < 4.78 is 22.7. The van der Waals surface area contributed by atoms with Gasteiger partial charge in [-0.3, -0.25) is 9.59 Å². The van der Waals surface area contributed by atoms with E-state index in [2.05, 4.69) is 160 Å². The second-order valence-corrected chi connectivity index (χ2v) is 21.2. The molecule has 0 fully saturated rings. The van der Waals surface area contributed by atoms with Gasteiger partial charge in [0, 0.05) is 12.8 Å². The molecule has 0 rings (SSSR count). The van der Waals surface area contributed by atoms with Gasteiger partial charge in [-0.25, -0.2) is 0 Å². The molecule has 0 aliphatic heterocycles. The van der Waals surface area contributed by atoms with Gasteiger partial charge in [0.2, 0.25) is 0 Å². The van der Waals surface area contributed by atoms with Crippen LogP contribution in [0, 0.1) is 0 Å². The number of hydrogen-bond donors (Lipinski definition) is 0. The lowest BCUT2D eigenvalue weighted by molar-refractivity contribution is -0.870. The predicted octanol–water partition coefficient (Wildman–Crippen LogP) is 17.5. The number of carbonyl (C=O) groups is 3. The molecule has 0 saturated heterocycles. The van der Waals surface area contributed by atoms with Gasteiger partial charge in [0.05, 0.1) is 40.3 Å². The fourth-order valence-electron chi connectivity index (χ4n) is 7.90. The number of carboxylic acids is 1. The molecule has 2 atom stereocenters. The second-order valence-electron chi connectivity index (χ2n) is 21.2. The Balaban J connectivity index is 4.19. The van der Waals surface area contributed by atoms with E-state index in [-0.39, 0.29) is 38.6 Å². The highest BCUT2D eigenvalue weighted by Crippen LogP contribution is 2.15. The molecule has 0 aliphatic carbocycles. The maximum absolute atomic E-state index is 12.9. The van der Waals surface area contributed by atoms with E-state index in [1.807, 2.05) is 21.1 Å². The molecule has 0 heterocycles. The fourth-order valence-corrected chi connectivity index (χ4v) is 7.90. The van der Waals surface area contributed by atoms with Crippen molar-refractivity contribution in [3.8, 4) is 0 Å². The van der Waals surface area contributed by atoms with Crippen LogP contribution in [0.3, 0.4) is 0 Å². The quantitative estimate of drug-likeness (QED) is 0.0195. The first kappa shape index (κ1) is 74.2. The summed E-state index contributed by atoms with van der Waals surface area (Å²) in [6, 6.07) is 0. The molecule has 2 unspecified atom stereocenters. The van der Waals surface area contributed by atoms with E-state index < -0.39 is 24.3 Å². The molecule has 0 aliphatic rings. The van der Waals surface area contributed by atoms with Crippen molar-refractivity contribution in [2.24, 2.45) is 0 Å². The Hall–Kier alpha value is -4.83. The van der Waals surface area contributed by atoms with Crippen LogP contribution in [0.5, 0.6) is 0 Å². The van der Waals surface area contributed by atoms with Crippen LogP contribution in [0.15, 0.2) is 146 Å². The Bertz CT molecular complexity index is 1800. The van der Waals surface area contributed by atoms with Gasteiger partial charge < -0.3 is 33.3 Å². The lowest BCUT2D eigenvalue weighted by Gasteiger charge is -2.26. The zero-order valence-electron chi connectivity index (χ0n) is 50.7. The number of allylic oxidation sites excluding steroid dienone is 24. The molecule has 9 heteroatoms. The van der Waals surface area contributed by atoms with E-state index in [4.69, 9.17) is 18.9 Å². The first-order valence-electron chi connectivity index (χ1n) is 31.0. The first-order chi connectivity index (χ1) is 38.6. The number of quaternary nitrogens is 1. The van der Waals surface area contributed by atoms with E-state index in [1.165, 1.54) is 51.4 Å². The van der Waals surface area contributed by atoms with Crippen LogP contribution in [-0.2, 0) is 33.3 Å². The zero-order valence-corrected chi connectivity index (χ0v) is 50.7. The highest BCUT2D eigenvalue weighted by atomic mass is 16.7. The normalized spacial score (nSPS) is 13.8. The average Bonchev–Trinajstić information content (AvgIpc) is 3.42. The fraction of sp³-hybridized carbons (Fsp3) is 0.614. The summed E-state index contributed by atoms with van der Waals surface area (Å²) in [4.78, 5) is 37.3. The van der Waals surface area contributed by atoms with Gasteiger partial charge in [-0.2, -0.15) is 0 Å². The molecule has 0 bridgehead atoms. The second kappa shape index (κ2) is 59.3. The van der Waals surface area contributed by atoms with E-state index >= 15 is 0 Å². The number of carboxylic acid groups (broad SMARTS) is 1. The smallest absolute Gasteiger partial charge is 0.306 e. The lowest BCUT2D eigenvalue weighted by Crippen LogP contribution is -2.44. The Morgan fingerprint density at radius 1 is 0.380 bits per heavy atom. The molecule has 446 valence electrons. The molecule has 79 heavy (non-hydrogen) atoms. The molecule has 0 amide bonds. The maximum Gasteiger partial charge on any atom is 0.306 e. The number of ether oxygens (including phenoxy) is 4. The van der Waals surface area contributed by atoms with Gasteiger partial charge in [-0.15, -0.1) is 0 Å². The molecule has 0 N–H and O–H groups in total. The molecule has 0 aromatic heterocycles. The Labute approximate surface area is 483 Å². The van der Waals surface area contributed by atoms with E-state index in [0.29, 0.717) is 23.9 Å². The van der Waals surface area contributed by atoms with Crippen molar-refractivity contribution >= 4 is 17.9 Å². The molecule has 0 aromatic rings. The summed E-state index contributed by atoms with van der Waals surface area (Å²) in [5.41, 5.74) is 0. The molecule has 0 spiro atoms. The van der Waals surface area contributed by atoms with E-state index in [0.717, 1.165) is 128 Å². The molecule has 0 aromatic carbocycles. The molecule has 0 saturated carbocycles. The standard InChI is InChI=1S/C70H113NO8/c1-6-8-10-12-14-16-18-20-22-24-25-26-27-28-29-30-31-32-33-34-35-36-37-38-39-40-41-42-43-45-47-49-51-53-55-57-59-61-68(73)79-66(65-78-70(69(74)75)76-63-62-71(3,4)5)64-77-67(72)60-58-56-54-52-50-48-46-44-23-21-19-17-15-13-11-9-7-2/h8-11,14-17,20-23,25-26,28-29,31-32,34-35,37-38,46,48,66,70H,6-7,12-13,18-19,24,27,30,33,36,39-45,47,49-65H2,1-5H3/b10-8-,11-9-,16-14-,17-15-,22-20-,23-21-,26-25-,29-28-,32-31-,35-34-,38-37-,48-46-. The Kier molecular flexibility index (Phi) is 55.7. The van der Waals surface area contributed by atoms with Crippen molar-refractivity contribution in [1.82, 2.24) is 0 Å². The number of unbranched alkanes of at least 4 members (excludes halogenated alkanes) is 16. The van der Waals surface area contributed by atoms with Crippen molar-refractivity contribution in [3.63, 3.8) is 0 Å². The van der Waals surface area contributed by atoms with Crippen molar-refractivity contribution in [2.75, 3.05) is 47.5 Å². The van der Waals surface area contributed by atoms with Gasteiger partial charge in [0.1, 0.15) is 13.2 Å². The van der Waals surface area contributed by atoms with Crippen molar-refractivity contribution in [1.29, 1.82) is 0 Å². The number of aliphatic carboxylic acids is 1. The Morgan fingerprint density at radius 2 is 0.684 bits per heavy atom. The summed E-state index contributed by atoms with van der Waals surface area (Å²) in [7, 11) is 5.90. The van der Waals surface area contributed by atoms with Crippen LogP contribution in [0.4, 0.5) is 0 Å². The molecular formula is C70H113NO8. The molecule has 9 nitrogen and oxygen atoms in total. The topological polar surface area (TPSA) is 111 Å². The largest absolute Gasteiger partial charge is 0.545 e. The van der Waals surface area contributed by atoms with Crippen LogP contribution < -0.4 is 5.11 Å². The number of likely N-dealkylation sites (N-methyl/N-ethyl adjacent to an activating group) is 1. The first-order valence-corrected chi connectivity index (χ1v) is 31.0. The zero-order chi connectivity index (χ0) is 57.6. The molecular weight excluding hydrogens is 983 g/mol. The minimum Gasteiger partial charge on any atom is -0.545 e. The van der Waals surface area contributed by atoms with Crippen molar-refractivity contribution < 1.29 is 42.9 Å². The van der Waals surface area contributed by atoms with Gasteiger partial charge in [-0.05, 0) is 116 Å². The minimum atomic E-state index is -1.64. The maximum atomic E-state index is 12.9. The van der Waals surface area contributed by atoms with Gasteiger partial charge in [-0.1, -0.05) is 237 Å². The van der Waals surface area contributed by atoms with Gasteiger partial charge in [0.15, 0.2) is 12.4 Å². The molecule has 0 radical (unpaired) electrons. The summed E-state index contributed by atoms with van der Waals surface area (Å²) in [6.07, 6.45) is 83.4. The number of rotatable bonds is 55. The number of esters is 2. The van der Waals surface area contributed by atoms with Crippen LogP contribution in [0.2, 0.25) is 0 Å². The SMILES string of the molecule is CC/C=C\C/C=C\C/C=C\C/C=C\C/C=C\C/C=C\C/C=C\C/C=C\CCCCCCCCCCCCCCC(=O)OC(COC(=O)CCCCCC/C=C\C/C=C\C/C=C\C/C=C\CC)COC(OCC[N+](C)(C)C)C(=O)[O-]. The number of nitrogens with zero attached hydrogens (tertiary/aromatic N) is 1. The minimum absolute atomic E-state index is 0.136. The third kappa shape index (κ3) is 60.7. The highest BCUT2D eigenvalue weighted by Gasteiger charge is 2.22. The van der Waals surface area contributed by atoms with E-state index in [1.54, 1.807) is 0 Å². The van der Waals surface area contributed by atoms with Crippen molar-refractivity contribution in [3.05, 3.63) is 146 Å². The summed E-state index contributed by atoms with van der Waals surface area (Å²) in [5.74, 6) is -2.33. The van der Waals surface area contributed by atoms with Crippen LogP contribution in [0.1, 0.15) is 219 Å². The lowest BCUT2D eigenvalue weighted by atomic mass is 10.0. The third-order valence-electron chi connectivity index (χ3n) is 12.6. The third-order valence-corrected chi connectivity index (χ3v) is 12.6. The summed E-state index contributed by atoms with van der Waals surface area (Å²) in [5, 5.41) is 11.8. The summed E-state index contributed by atoms with van der Waals surface area (Å²) >= 11 is 0. The average molecular weight is 1100 g/mol. The van der Waals surface area contributed by atoms with Crippen LogP contribution >= 0.6 is 0 Å². The van der Waals surface area contributed by atoms with Crippen molar-refractivity contribution in [2.45, 2.75) is 232 Å². The predicted molar refractivity (Wildman–Crippen MR) is 333 cm³/mol. The number of hydrogen-bond acceptors (Lipinski definition) is 8. The highest BCUT2D eigenvalue weighted by molar-refractivity contribution is 5.70. The van der Waals surface area contributed by atoms with E-state index in [9.17, 15) is 19.5 Å². The van der Waals surface area contributed by atoms with Crippen LogP contribution in [0.25, 0.3) is 0 Å². The van der Waals surface area contributed by atoms with Gasteiger partial charge >= 0.3 is 11.9 Å². The monoisotopic (exact) mass is 1100 g/mol. The number of carbonyl (C=O) groups excluding carboxylic acids is 3. The van der Waals surface area contributed by atoms with Crippen LogP contribution in [-0.4, -0.2) is 82.3 Å².